The molecule has 0 saturated carbocycles. The standard InChI is InChI=1S/C19H14BrN5O2S/c1-12-11-28-19(23-17-4-2-3-5-18(17)25(26)27)24(12)22-10-13-9-21-16-7-6-14(20)8-15(13)16/h2-11,21H,1H3. The van der Waals surface area contributed by atoms with Crippen LogP contribution in [0.25, 0.3) is 10.9 Å². The number of aryl methyl sites for hydroxylation is 1. The van der Waals surface area contributed by atoms with Crippen molar-refractivity contribution in [1.82, 2.24) is 9.66 Å². The van der Waals surface area contributed by atoms with E-state index in [9.17, 15) is 10.1 Å². The summed E-state index contributed by atoms with van der Waals surface area (Å²) in [5.41, 5.74) is 3.10. The summed E-state index contributed by atoms with van der Waals surface area (Å²) >= 11 is 4.87. The van der Waals surface area contributed by atoms with E-state index in [1.54, 1.807) is 29.1 Å². The van der Waals surface area contributed by atoms with Gasteiger partial charge in [0, 0.05) is 38.6 Å². The molecule has 0 aliphatic heterocycles. The maximum absolute atomic E-state index is 11.2. The highest BCUT2D eigenvalue weighted by Crippen LogP contribution is 2.26. The van der Waals surface area contributed by atoms with Crippen LogP contribution in [0.4, 0.5) is 11.4 Å². The van der Waals surface area contributed by atoms with E-state index in [1.165, 1.54) is 17.4 Å². The Kier molecular flexibility index (Phi) is 4.93. The number of hydrogen-bond donors (Lipinski definition) is 1. The van der Waals surface area contributed by atoms with Crippen molar-refractivity contribution in [3.05, 3.63) is 84.7 Å². The van der Waals surface area contributed by atoms with Crippen molar-refractivity contribution >= 4 is 55.8 Å². The van der Waals surface area contributed by atoms with Crippen LogP contribution >= 0.6 is 27.3 Å². The molecule has 140 valence electrons. The lowest BCUT2D eigenvalue weighted by Crippen LogP contribution is -2.11. The second-order valence-electron chi connectivity index (χ2n) is 6.01. The van der Waals surface area contributed by atoms with Crippen molar-refractivity contribution < 1.29 is 4.92 Å². The summed E-state index contributed by atoms with van der Waals surface area (Å²) in [6.07, 6.45) is 3.64. The van der Waals surface area contributed by atoms with E-state index in [2.05, 4.69) is 31.0 Å². The summed E-state index contributed by atoms with van der Waals surface area (Å²) in [6, 6.07) is 12.4. The summed E-state index contributed by atoms with van der Waals surface area (Å²) in [6.45, 7) is 1.91. The van der Waals surface area contributed by atoms with E-state index >= 15 is 0 Å². The molecule has 0 radical (unpaired) electrons. The van der Waals surface area contributed by atoms with Gasteiger partial charge in [-0.25, -0.2) is 9.67 Å². The summed E-state index contributed by atoms with van der Waals surface area (Å²) in [7, 11) is 0. The average Bonchev–Trinajstić information content (AvgIpc) is 3.23. The Bertz CT molecular complexity index is 1280. The van der Waals surface area contributed by atoms with Crippen molar-refractivity contribution in [2.24, 2.45) is 10.1 Å². The third-order valence-corrected chi connectivity index (χ3v) is 5.56. The molecule has 0 aliphatic carbocycles. The van der Waals surface area contributed by atoms with Crippen molar-refractivity contribution in [1.29, 1.82) is 0 Å². The molecule has 2 aromatic carbocycles. The number of para-hydroxylation sites is 2. The van der Waals surface area contributed by atoms with Gasteiger partial charge in [-0.15, -0.1) is 11.3 Å². The fourth-order valence-electron chi connectivity index (χ4n) is 2.76. The van der Waals surface area contributed by atoms with Gasteiger partial charge in [0.05, 0.1) is 16.8 Å². The molecule has 0 atom stereocenters. The number of halogens is 1. The van der Waals surface area contributed by atoms with Gasteiger partial charge in [0.25, 0.3) is 5.69 Å². The van der Waals surface area contributed by atoms with Gasteiger partial charge in [-0.3, -0.25) is 10.1 Å². The number of hydrogen-bond acceptors (Lipinski definition) is 5. The molecule has 2 aromatic heterocycles. The van der Waals surface area contributed by atoms with Gasteiger partial charge in [0.15, 0.2) is 0 Å². The minimum atomic E-state index is -0.434. The number of thiazole rings is 1. The van der Waals surface area contributed by atoms with E-state index in [0.717, 1.165) is 26.6 Å². The lowest BCUT2D eigenvalue weighted by Gasteiger charge is -1.99. The molecule has 0 unspecified atom stereocenters. The topological polar surface area (TPSA) is 88.6 Å². The number of aromatic amines is 1. The monoisotopic (exact) mass is 455 g/mol. The zero-order valence-electron chi connectivity index (χ0n) is 14.7. The Hall–Kier alpha value is -3.04. The summed E-state index contributed by atoms with van der Waals surface area (Å²) in [5, 5.41) is 18.8. The summed E-state index contributed by atoms with van der Waals surface area (Å²) in [4.78, 5) is 19.1. The van der Waals surface area contributed by atoms with Crippen LogP contribution in [0.3, 0.4) is 0 Å². The number of fused-ring (bicyclic) bond motifs is 1. The number of nitrogens with one attached hydrogen (secondary N) is 1. The van der Waals surface area contributed by atoms with Gasteiger partial charge in [-0.05, 0) is 31.2 Å². The molecule has 4 aromatic rings. The van der Waals surface area contributed by atoms with Gasteiger partial charge in [0.1, 0.15) is 5.69 Å². The first-order chi connectivity index (χ1) is 13.5. The Balaban J connectivity index is 1.78. The molecule has 0 amide bonds. The number of nitro benzene ring substituents is 1. The molecular weight excluding hydrogens is 442 g/mol. The van der Waals surface area contributed by atoms with Crippen LogP contribution in [-0.4, -0.2) is 20.8 Å². The Morgan fingerprint density at radius 3 is 2.93 bits per heavy atom. The predicted molar refractivity (Wildman–Crippen MR) is 114 cm³/mol. The predicted octanol–water partition coefficient (Wildman–Crippen LogP) is 5.12. The van der Waals surface area contributed by atoms with Crippen LogP contribution < -0.4 is 4.80 Å². The molecule has 0 bridgehead atoms. The highest BCUT2D eigenvalue weighted by atomic mass is 79.9. The second-order valence-corrected chi connectivity index (χ2v) is 7.76. The highest BCUT2D eigenvalue weighted by molar-refractivity contribution is 9.10. The number of rotatable bonds is 4. The van der Waals surface area contributed by atoms with Gasteiger partial charge in [0.2, 0.25) is 4.80 Å². The Morgan fingerprint density at radius 2 is 2.11 bits per heavy atom. The SMILES string of the molecule is Cc1csc(=Nc2ccccc2[N+](=O)[O-])n1N=Cc1c[nH]c2ccc(Br)cc12. The zero-order chi connectivity index (χ0) is 19.7. The third-order valence-electron chi connectivity index (χ3n) is 4.13. The smallest absolute Gasteiger partial charge is 0.294 e. The van der Waals surface area contributed by atoms with E-state index in [-0.39, 0.29) is 5.69 Å². The Labute approximate surface area is 172 Å². The number of benzene rings is 2. The highest BCUT2D eigenvalue weighted by Gasteiger charge is 2.12. The van der Waals surface area contributed by atoms with Gasteiger partial charge < -0.3 is 4.98 Å². The maximum Gasteiger partial charge on any atom is 0.294 e. The average molecular weight is 456 g/mol. The molecule has 0 fully saturated rings. The first-order valence-electron chi connectivity index (χ1n) is 8.29. The third kappa shape index (κ3) is 3.54. The first-order valence-corrected chi connectivity index (χ1v) is 9.96. The maximum atomic E-state index is 11.2. The van der Waals surface area contributed by atoms with E-state index in [0.29, 0.717) is 10.5 Å². The van der Waals surface area contributed by atoms with Crippen LogP contribution in [0, 0.1) is 17.0 Å². The minimum Gasteiger partial charge on any atom is -0.361 e. The van der Waals surface area contributed by atoms with Crippen molar-refractivity contribution in [3.63, 3.8) is 0 Å². The molecule has 9 heteroatoms. The molecule has 0 saturated heterocycles. The van der Waals surface area contributed by atoms with E-state index in [4.69, 9.17) is 0 Å². The molecule has 2 heterocycles. The number of nitro groups is 1. The van der Waals surface area contributed by atoms with E-state index < -0.39 is 4.92 Å². The number of aromatic nitrogens is 2. The fraction of sp³-hybridized carbons (Fsp3) is 0.0526. The molecule has 0 spiro atoms. The van der Waals surface area contributed by atoms with Crippen molar-refractivity contribution in [2.75, 3.05) is 0 Å². The van der Waals surface area contributed by atoms with Crippen LogP contribution in [0.2, 0.25) is 0 Å². The molecule has 7 nitrogen and oxygen atoms in total. The van der Waals surface area contributed by atoms with Crippen LogP contribution in [-0.2, 0) is 0 Å². The molecular formula is C19H14BrN5O2S. The van der Waals surface area contributed by atoms with Crippen LogP contribution in [0.5, 0.6) is 0 Å². The quantitative estimate of drug-likeness (QED) is 0.262. The first kappa shape index (κ1) is 18.3. The summed E-state index contributed by atoms with van der Waals surface area (Å²) in [5.74, 6) is 0. The minimum absolute atomic E-state index is 0.0365. The van der Waals surface area contributed by atoms with Crippen LogP contribution in [0.15, 0.2) is 68.6 Å². The van der Waals surface area contributed by atoms with Gasteiger partial charge in [-0.2, -0.15) is 5.10 Å². The molecule has 28 heavy (non-hydrogen) atoms. The molecule has 1 N–H and O–H groups in total. The lowest BCUT2D eigenvalue weighted by atomic mass is 10.2. The van der Waals surface area contributed by atoms with Crippen LogP contribution in [0.1, 0.15) is 11.3 Å². The second kappa shape index (κ2) is 7.53. The van der Waals surface area contributed by atoms with Gasteiger partial charge >= 0.3 is 0 Å². The Morgan fingerprint density at radius 1 is 1.29 bits per heavy atom. The molecule has 0 aliphatic rings. The fourth-order valence-corrected chi connectivity index (χ4v) is 3.94. The number of H-pyrrole nitrogens is 1. The summed E-state index contributed by atoms with van der Waals surface area (Å²) < 4.78 is 2.67. The normalized spacial score (nSPS) is 12.3. The lowest BCUT2D eigenvalue weighted by molar-refractivity contribution is -0.384. The number of nitrogens with zero attached hydrogens (tertiary/aromatic N) is 4. The molecule has 4 rings (SSSR count). The zero-order valence-corrected chi connectivity index (χ0v) is 17.1. The van der Waals surface area contributed by atoms with E-state index in [1.807, 2.05) is 36.7 Å². The van der Waals surface area contributed by atoms with Crippen molar-refractivity contribution in [2.45, 2.75) is 6.92 Å². The van der Waals surface area contributed by atoms with Crippen molar-refractivity contribution in [3.8, 4) is 0 Å². The largest absolute Gasteiger partial charge is 0.361 e. The van der Waals surface area contributed by atoms with Gasteiger partial charge in [-0.1, -0.05) is 28.1 Å².